The fraction of sp³-hybridized carbons (Fsp3) is 0.538. The molecule has 0 saturated carbocycles. The quantitative estimate of drug-likeness (QED) is 0.828. The second-order valence-corrected chi connectivity index (χ2v) is 4.78. The zero-order valence-electron chi connectivity index (χ0n) is 10.4. The van der Waals surface area contributed by atoms with Crippen molar-refractivity contribution in [3.05, 3.63) is 34.3 Å². The largest absolute Gasteiger partial charge is 0.389 e. The molecule has 0 aliphatic heterocycles. The van der Waals surface area contributed by atoms with Crippen molar-refractivity contribution in [2.45, 2.75) is 38.4 Å². The van der Waals surface area contributed by atoms with Crippen molar-refractivity contribution >= 4 is 11.6 Å². The van der Waals surface area contributed by atoms with Crippen LogP contribution in [0.4, 0.5) is 13.2 Å². The molecule has 1 rings (SSSR count). The third-order valence-corrected chi connectivity index (χ3v) is 3.16. The zero-order chi connectivity index (χ0) is 13.8. The first kappa shape index (κ1) is 15.3. The third kappa shape index (κ3) is 4.86. The Labute approximate surface area is 110 Å². The lowest BCUT2D eigenvalue weighted by atomic mass is 10.00. The molecule has 1 N–H and O–H groups in total. The van der Waals surface area contributed by atoms with Crippen LogP contribution in [0.5, 0.6) is 0 Å². The smallest absolute Gasteiger partial charge is 0.313 e. The van der Waals surface area contributed by atoms with Gasteiger partial charge in [-0.2, -0.15) is 13.2 Å². The highest BCUT2D eigenvalue weighted by Gasteiger charge is 2.27. The molecule has 1 atom stereocenters. The van der Waals surface area contributed by atoms with E-state index in [9.17, 15) is 13.2 Å². The molecular weight excluding hydrogens is 263 g/mol. The highest BCUT2D eigenvalue weighted by Crippen LogP contribution is 2.29. The van der Waals surface area contributed by atoms with Gasteiger partial charge in [0.05, 0.1) is 0 Å². The van der Waals surface area contributed by atoms with Gasteiger partial charge < -0.3 is 5.32 Å². The highest BCUT2D eigenvalue weighted by molar-refractivity contribution is 6.31. The Hall–Kier alpha value is -0.740. The van der Waals surface area contributed by atoms with Crippen molar-refractivity contribution in [3.8, 4) is 0 Å². The molecule has 0 heterocycles. The monoisotopic (exact) mass is 279 g/mol. The van der Waals surface area contributed by atoms with Crippen LogP contribution in [0.3, 0.4) is 0 Å². The lowest BCUT2D eigenvalue weighted by Crippen LogP contribution is -2.18. The van der Waals surface area contributed by atoms with Crippen LogP contribution in [0.2, 0.25) is 5.02 Å². The Bertz CT molecular complexity index is 390. The van der Waals surface area contributed by atoms with Crippen molar-refractivity contribution in [1.82, 2.24) is 5.32 Å². The Morgan fingerprint density at radius 3 is 2.50 bits per heavy atom. The van der Waals surface area contributed by atoms with Gasteiger partial charge in [-0.05, 0) is 44.0 Å². The summed E-state index contributed by atoms with van der Waals surface area (Å²) in [6.45, 7) is 1.92. The molecule has 0 fully saturated rings. The van der Waals surface area contributed by atoms with Crippen LogP contribution in [0.25, 0.3) is 0 Å². The number of rotatable bonds is 5. The van der Waals surface area contributed by atoms with Gasteiger partial charge in [0.15, 0.2) is 0 Å². The number of nitrogens with one attached hydrogen (secondary N) is 1. The number of alkyl halides is 3. The zero-order valence-corrected chi connectivity index (χ0v) is 11.2. The van der Waals surface area contributed by atoms with E-state index in [1.807, 2.05) is 25.1 Å². The van der Waals surface area contributed by atoms with Crippen LogP contribution < -0.4 is 5.32 Å². The predicted octanol–water partition coefficient (Wildman–Crippen LogP) is 4.64. The van der Waals surface area contributed by atoms with Gasteiger partial charge in [0.1, 0.15) is 0 Å². The molecule has 0 bridgehead atoms. The van der Waals surface area contributed by atoms with Gasteiger partial charge >= 0.3 is 6.18 Å². The molecule has 0 aliphatic carbocycles. The lowest BCUT2D eigenvalue weighted by Gasteiger charge is -2.18. The molecule has 0 radical (unpaired) electrons. The molecular formula is C13H17ClF3N. The summed E-state index contributed by atoms with van der Waals surface area (Å²) >= 11 is 6.11. The first-order valence-electron chi connectivity index (χ1n) is 5.83. The number of hydrogen-bond acceptors (Lipinski definition) is 1. The molecule has 1 nitrogen and oxygen atoms in total. The Morgan fingerprint density at radius 2 is 2.00 bits per heavy atom. The molecule has 1 unspecified atom stereocenters. The molecule has 0 aliphatic rings. The number of hydrogen-bond donors (Lipinski definition) is 1. The van der Waals surface area contributed by atoms with Crippen LogP contribution in [0.15, 0.2) is 18.2 Å². The summed E-state index contributed by atoms with van der Waals surface area (Å²) in [7, 11) is 1.73. The van der Waals surface area contributed by atoms with Crippen LogP contribution >= 0.6 is 11.6 Å². The van der Waals surface area contributed by atoms with E-state index >= 15 is 0 Å². The maximum atomic E-state index is 12.1. The first-order valence-corrected chi connectivity index (χ1v) is 6.21. The van der Waals surface area contributed by atoms with Crippen LogP contribution in [-0.4, -0.2) is 13.2 Å². The Balaban J connectivity index is 2.66. The van der Waals surface area contributed by atoms with Gasteiger partial charge in [-0.25, -0.2) is 0 Å². The van der Waals surface area contributed by atoms with E-state index < -0.39 is 12.6 Å². The van der Waals surface area contributed by atoms with Gasteiger partial charge in [-0.15, -0.1) is 0 Å². The van der Waals surface area contributed by atoms with Crippen LogP contribution in [0.1, 0.15) is 36.4 Å². The van der Waals surface area contributed by atoms with E-state index in [4.69, 9.17) is 11.6 Å². The van der Waals surface area contributed by atoms with Crippen molar-refractivity contribution in [2.75, 3.05) is 7.05 Å². The van der Waals surface area contributed by atoms with Gasteiger partial charge in [-0.3, -0.25) is 0 Å². The minimum Gasteiger partial charge on any atom is -0.313 e. The number of benzene rings is 1. The van der Waals surface area contributed by atoms with Gasteiger partial charge in [0.25, 0.3) is 0 Å². The van der Waals surface area contributed by atoms with E-state index in [0.29, 0.717) is 11.4 Å². The topological polar surface area (TPSA) is 12.0 Å². The molecule has 102 valence electrons. The normalized spacial score (nSPS) is 13.7. The highest BCUT2D eigenvalue weighted by atomic mass is 35.5. The number of halogens is 4. The first-order chi connectivity index (χ1) is 8.33. The van der Waals surface area contributed by atoms with Crippen molar-refractivity contribution in [3.63, 3.8) is 0 Å². The maximum Gasteiger partial charge on any atom is 0.389 e. The Morgan fingerprint density at radius 1 is 1.33 bits per heavy atom. The summed E-state index contributed by atoms with van der Waals surface area (Å²) in [5.74, 6) is 0. The van der Waals surface area contributed by atoms with Gasteiger partial charge in [-0.1, -0.05) is 23.7 Å². The second kappa shape index (κ2) is 6.43. The average molecular weight is 280 g/mol. The van der Waals surface area contributed by atoms with Gasteiger partial charge in [0.2, 0.25) is 0 Å². The molecule has 1 aromatic rings. The van der Waals surface area contributed by atoms with Crippen molar-refractivity contribution in [2.24, 2.45) is 0 Å². The number of aryl methyl sites for hydroxylation is 1. The van der Waals surface area contributed by atoms with Gasteiger partial charge in [0, 0.05) is 17.5 Å². The SMILES string of the molecule is CNC(CCCC(F)(F)F)c1ccc(C)cc1Cl. The summed E-state index contributed by atoms with van der Waals surface area (Å²) in [4.78, 5) is 0. The van der Waals surface area contributed by atoms with Crippen molar-refractivity contribution < 1.29 is 13.2 Å². The third-order valence-electron chi connectivity index (χ3n) is 2.83. The standard InChI is InChI=1S/C13H17ClF3N/c1-9-5-6-10(11(14)8-9)12(18-2)4-3-7-13(15,16)17/h5-6,8,12,18H,3-4,7H2,1-2H3. The van der Waals surface area contributed by atoms with E-state index in [1.165, 1.54) is 0 Å². The summed E-state index contributed by atoms with van der Waals surface area (Å²) in [6, 6.07) is 5.47. The molecule has 18 heavy (non-hydrogen) atoms. The predicted molar refractivity (Wildman–Crippen MR) is 67.9 cm³/mol. The van der Waals surface area contributed by atoms with E-state index in [2.05, 4.69) is 5.32 Å². The summed E-state index contributed by atoms with van der Waals surface area (Å²) in [6.07, 6.45) is -4.33. The maximum absolute atomic E-state index is 12.1. The lowest BCUT2D eigenvalue weighted by molar-refractivity contribution is -0.135. The minimum absolute atomic E-state index is 0.0964. The molecule has 5 heteroatoms. The Kier molecular flexibility index (Phi) is 5.47. The molecule has 0 saturated heterocycles. The summed E-state index contributed by atoms with van der Waals surface area (Å²) in [5.41, 5.74) is 1.89. The van der Waals surface area contributed by atoms with E-state index in [1.54, 1.807) is 7.05 Å². The van der Waals surface area contributed by atoms with Crippen LogP contribution in [0, 0.1) is 6.92 Å². The minimum atomic E-state index is -4.09. The fourth-order valence-corrected chi connectivity index (χ4v) is 2.24. The molecule has 0 aromatic heterocycles. The summed E-state index contributed by atoms with van der Waals surface area (Å²) in [5, 5.41) is 3.61. The average Bonchev–Trinajstić information content (AvgIpc) is 2.24. The fourth-order valence-electron chi connectivity index (χ4n) is 1.88. The van der Waals surface area contributed by atoms with E-state index in [-0.39, 0.29) is 12.5 Å². The van der Waals surface area contributed by atoms with Crippen LogP contribution in [-0.2, 0) is 0 Å². The van der Waals surface area contributed by atoms with E-state index in [0.717, 1.165) is 11.1 Å². The summed E-state index contributed by atoms with van der Waals surface area (Å²) < 4.78 is 36.3. The molecule has 0 spiro atoms. The van der Waals surface area contributed by atoms with Crippen molar-refractivity contribution in [1.29, 1.82) is 0 Å². The molecule has 1 aromatic carbocycles. The second-order valence-electron chi connectivity index (χ2n) is 4.37. The molecule has 0 amide bonds.